The van der Waals surface area contributed by atoms with E-state index in [9.17, 15) is 4.79 Å². The molecule has 8 heteroatoms. The van der Waals surface area contributed by atoms with E-state index in [0.29, 0.717) is 12.3 Å². The van der Waals surface area contributed by atoms with Crippen LogP contribution >= 0.6 is 0 Å². The summed E-state index contributed by atoms with van der Waals surface area (Å²) in [6.07, 6.45) is 4.13. The zero-order chi connectivity index (χ0) is 18.8. The average Bonchev–Trinajstić information content (AvgIpc) is 3.39. The fourth-order valence-electron chi connectivity index (χ4n) is 3.60. The number of furan rings is 1. The highest BCUT2D eigenvalue weighted by Gasteiger charge is 2.27. The van der Waals surface area contributed by atoms with Gasteiger partial charge in [0.25, 0.3) is 5.91 Å². The Bertz CT molecular complexity index is 892. The molecular formula is C19H23N5O3. The van der Waals surface area contributed by atoms with Gasteiger partial charge in [0.1, 0.15) is 5.76 Å². The van der Waals surface area contributed by atoms with Crippen molar-refractivity contribution in [3.63, 3.8) is 0 Å². The Balaban J connectivity index is 1.40. The summed E-state index contributed by atoms with van der Waals surface area (Å²) >= 11 is 0. The molecule has 0 aliphatic carbocycles. The summed E-state index contributed by atoms with van der Waals surface area (Å²) < 4.78 is 12.5. The molecule has 142 valence electrons. The Labute approximate surface area is 157 Å². The van der Waals surface area contributed by atoms with E-state index in [-0.39, 0.29) is 11.9 Å². The molecule has 4 rings (SSSR count). The molecule has 1 aliphatic rings. The highest BCUT2D eigenvalue weighted by atomic mass is 16.5. The first kappa shape index (κ1) is 17.5. The molecule has 0 aromatic carbocycles. The van der Waals surface area contributed by atoms with Crippen LogP contribution in [0.15, 0.2) is 39.6 Å². The van der Waals surface area contributed by atoms with Crippen molar-refractivity contribution in [2.24, 2.45) is 0 Å². The number of nitrogens with one attached hydrogen (secondary N) is 1. The third kappa shape index (κ3) is 3.66. The lowest BCUT2D eigenvalue weighted by atomic mass is 10.1. The largest absolute Gasteiger partial charge is 0.459 e. The van der Waals surface area contributed by atoms with Gasteiger partial charge in [-0.2, -0.15) is 5.10 Å². The van der Waals surface area contributed by atoms with Crippen LogP contribution in [0.2, 0.25) is 0 Å². The summed E-state index contributed by atoms with van der Waals surface area (Å²) in [6.45, 7) is 6.96. The van der Waals surface area contributed by atoms with Crippen LogP contribution in [0.3, 0.4) is 0 Å². The van der Waals surface area contributed by atoms with Gasteiger partial charge in [-0.25, -0.2) is 0 Å². The van der Waals surface area contributed by atoms with Crippen LogP contribution in [0.4, 0.5) is 0 Å². The van der Waals surface area contributed by atoms with E-state index in [1.54, 1.807) is 12.1 Å². The minimum atomic E-state index is -0.191. The number of rotatable bonds is 6. The van der Waals surface area contributed by atoms with Gasteiger partial charge in [0.05, 0.1) is 23.7 Å². The van der Waals surface area contributed by atoms with E-state index in [1.807, 2.05) is 26.1 Å². The summed E-state index contributed by atoms with van der Waals surface area (Å²) in [6, 6.07) is 5.61. The molecule has 0 bridgehead atoms. The van der Waals surface area contributed by atoms with Gasteiger partial charge < -0.3 is 14.3 Å². The topological polar surface area (TPSA) is 89.3 Å². The van der Waals surface area contributed by atoms with Gasteiger partial charge in [-0.05, 0) is 38.5 Å². The minimum absolute atomic E-state index is 0.191. The van der Waals surface area contributed by atoms with E-state index in [4.69, 9.17) is 8.94 Å². The molecule has 0 saturated carbocycles. The van der Waals surface area contributed by atoms with Crippen molar-refractivity contribution in [2.75, 3.05) is 13.1 Å². The molecule has 1 aliphatic heterocycles. The van der Waals surface area contributed by atoms with Gasteiger partial charge in [-0.1, -0.05) is 5.16 Å². The number of carbonyl (C=O) groups excluding carboxylic acids is 1. The molecule has 3 aromatic rings. The molecule has 1 atom stereocenters. The predicted octanol–water partition coefficient (Wildman–Crippen LogP) is 2.46. The van der Waals surface area contributed by atoms with E-state index < -0.39 is 0 Å². The Morgan fingerprint density at radius 2 is 2.26 bits per heavy atom. The number of carbonyl (C=O) groups is 1. The summed E-state index contributed by atoms with van der Waals surface area (Å²) in [7, 11) is 0. The van der Waals surface area contributed by atoms with Crippen molar-refractivity contribution in [3.05, 3.63) is 59.1 Å². The second-order valence-corrected chi connectivity index (χ2v) is 6.92. The fraction of sp³-hybridized carbons (Fsp3) is 0.421. The molecular weight excluding hydrogens is 346 g/mol. The highest BCUT2D eigenvalue weighted by molar-refractivity contribution is 5.91. The lowest BCUT2D eigenvalue weighted by Crippen LogP contribution is -2.39. The fourth-order valence-corrected chi connectivity index (χ4v) is 3.60. The van der Waals surface area contributed by atoms with E-state index in [2.05, 4.69) is 25.2 Å². The van der Waals surface area contributed by atoms with E-state index in [1.165, 1.54) is 12.0 Å². The first-order valence-corrected chi connectivity index (χ1v) is 9.10. The third-order valence-electron chi connectivity index (χ3n) is 5.02. The number of hydrogen-bond donors (Lipinski definition) is 1. The Morgan fingerprint density at radius 1 is 1.37 bits per heavy atom. The number of nitrogens with zero attached hydrogens (tertiary/aromatic N) is 4. The normalized spacial score (nSPS) is 17.0. The van der Waals surface area contributed by atoms with Crippen molar-refractivity contribution in [3.8, 4) is 0 Å². The molecule has 0 fully saturated rings. The Morgan fingerprint density at radius 3 is 3.00 bits per heavy atom. The first-order valence-electron chi connectivity index (χ1n) is 9.10. The number of fused-ring (bicyclic) bond motifs is 1. The standard InChI is InChI=1S/C19H23N5O3/c1-13-17(14(2)27-22-13)12-23-10-15(24-16(11-23)6-8-21-24)5-7-20-19(25)18-4-3-9-26-18/h3-4,6,8-9,15H,5,7,10-12H2,1-2H3,(H,20,25)/t15-/m0/s1. The molecule has 3 aromatic heterocycles. The average molecular weight is 369 g/mol. The van der Waals surface area contributed by atoms with Gasteiger partial charge in [0, 0.05) is 37.9 Å². The molecule has 0 unspecified atom stereocenters. The van der Waals surface area contributed by atoms with Crippen molar-refractivity contribution in [1.29, 1.82) is 0 Å². The molecule has 1 amide bonds. The first-order chi connectivity index (χ1) is 13.1. The Kier molecular flexibility index (Phi) is 4.81. The van der Waals surface area contributed by atoms with Gasteiger partial charge in [0.2, 0.25) is 0 Å². The predicted molar refractivity (Wildman–Crippen MR) is 97.0 cm³/mol. The quantitative estimate of drug-likeness (QED) is 0.718. The van der Waals surface area contributed by atoms with Crippen LogP contribution in [-0.2, 0) is 13.1 Å². The number of amides is 1. The maximum absolute atomic E-state index is 12.0. The lowest BCUT2D eigenvalue weighted by Gasteiger charge is -2.34. The second kappa shape index (κ2) is 7.40. The summed E-state index contributed by atoms with van der Waals surface area (Å²) in [4.78, 5) is 14.4. The van der Waals surface area contributed by atoms with Crippen LogP contribution in [0, 0.1) is 13.8 Å². The molecule has 8 nitrogen and oxygen atoms in total. The van der Waals surface area contributed by atoms with Crippen molar-refractivity contribution in [2.45, 2.75) is 39.4 Å². The van der Waals surface area contributed by atoms with Crippen LogP contribution in [0.5, 0.6) is 0 Å². The van der Waals surface area contributed by atoms with Gasteiger partial charge in [-0.3, -0.25) is 14.4 Å². The summed E-state index contributed by atoms with van der Waals surface area (Å²) in [5.74, 6) is 1.01. The second-order valence-electron chi connectivity index (χ2n) is 6.92. The highest BCUT2D eigenvalue weighted by Crippen LogP contribution is 2.25. The summed E-state index contributed by atoms with van der Waals surface area (Å²) in [5.41, 5.74) is 3.26. The molecule has 27 heavy (non-hydrogen) atoms. The SMILES string of the molecule is Cc1noc(C)c1CN1Cc2ccnn2[C@@H](CCNC(=O)c2ccco2)C1. The third-order valence-corrected chi connectivity index (χ3v) is 5.02. The molecule has 0 radical (unpaired) electrons. The molecule has 4 heterocycles. The van der Waals surface area contributed by atoms with Crippen LogP contribution < -0.4 is 5.32 Å². The zero-order valence-corrected chi connectivity index (χ0v) is 15.5. The maximum atomic E-state index is 12.0. The minimum Gasteiger partial charge on any atom is -0.459 e. The zero-order valence-electron chi connectivity index (χ0n) is 15.5. The van der Waals surface area contributed by atoms with Gasteiger partial charge in [-0.15, -0.1) is 0 Å². The van der Waals surface area contributed by atoms with E-state index in [0.717, 1.165) is 43.1 Å². The lowest BCUT2D eigenvalue weighted by molar-refractivity contribution is 0.0919. The van der Waals surface area contributed by atoms with Gasteiger partial charge >= 0.3 is 0 Å². The molecule has 0 spiro atoms. The van der Waals surface area contributed by atoms with Gasteiger partial charge in [0.15, 0.2) is 5.76 Å². The molecule has 1 N–H and O–H groups in total. The van der Waals surface area contributed by atoms with Crippen LogP contribution in [0.25, 0.3) is 0 Å². The van der Waals surface area contributed by atoms with Crippen LogP contribution in [-0.4, -0.2) is 38.8 Å². The van der Waals surface area contributed by atoms with E-state index >= 15 is 0 Å². The summed E-state index contributed by atoms with van der Waals surface area (Å²) in [5, 5.41) is 11.4. The monoisotopic (exact) mass is 369 g/mol. The maximum Gasteiger partial charge on any atom is 0.286 e. The number of aromatic nitrogens is 3. The number of aryl methyl sites for hydroxylation is 2. The molecule has 0 saturated heterocycles. The van der Waals surface area contributed by atoms with Crippen molar-refractivity contribution < 1.29 is 13.7 Å². The smallest absolute Gasteiger partial charge is 0.286 e. The van der Waals surface area contributed by atoms with Crippen molar-refractivity contribution >= 4 is 5.91 Å². The Hall–Kier alpha value is -2.87. The van der Waals surface area contributed by atoms with Crippen LogP contribution in [0.1, 0.15) is 45.7 Å². The number of hydrogen-bond acceptors (Lipinski definition) is 6. The van der Waals surface area contributed by atoms with Crippen molar-refractivity contribution in [1.82, 2.24) is 25.2 Å².